The molecule has 1 aromatic carbocycles. The van der Waals surface area contributed by atoms with Gasteiger partial charge in [-0.25, -0.2) is 0 Å². The molecule has 5 aliphatic rings. The Morgan fingerprint density at radius 1 is 1.04 bits per heavy atom. The number of nitrogens with two attached hydrogens (primary N) is 1. The molecule has 0 heterocycles. The summed E-state index contributed by atoms with van der Waals surface area (Å²) in [6.45, 7) is 0.843. The lowest BCUT2D eigenvalue weighted by Crippen LogP contribution is -2.56. The maximum atomic E-state index is 6.04. The lowest BCUT2D eigenvalue weighted by atomic mass is 9.43. The molecule has 0 saturated heterocycles. The maximum Gasteiger partial charge on any atom is 0.109 e. The first-order valence-electron chi connectivity index (χ1n) is 11.5. The molecule has 5 saturated carbocycles. The van der Waals surface area contributed by atoms with Crippen LogP contribution in [0.25, 0.3) is 0 Å². The Balaban J connectivity index is 1.35. The largest absolute Gasteiger partial charge is 0.330 e. The second kappa shape index (κ2) is 7.32. The lowest BCUT2D eigenvalue weighted by Gasteiger charge is -2.62. The van der Waals surface area contributed by atoms with E-state index >= 15 is 0 Å². The summed E-state index contributed by atoms with van der Waals surface area (Å²) in [6.07, 6.45) is 15.2. The van der Waals surface area contributed by atoms with Crippen LogP contribution in [-0.2, 0) is 5.41 Å². The monoisotopic (exact) mass is 394 g/mol. The highest BCUT2D eigenvalue weighted by molar-refractivity contribution is 7.80. The van der Waals surface area contributed by atoms with Crippen LogP contribution < -0.4 is 5.73 Å². The minimum atomic E-state index is 0.181. The molecule has 5 aliphatic carbocycles. The predicted octanol–water partition coefficient (Wildman–Crippen LogP) is 5.69. The van der Waals surface area contributed by atoms with Gasteiger partial charge in [0.15, 0.2) is 0 Å². The van der Waals surface area contributed by atoms with Crippen LogP contribution in [0, 0.1) is 29.1 Å². The number of thiocarbonyl (C=S) groups is 1. The zero-order chi connectivity index (χ0) is 19.2. The summed E-state index contributed by atoms with van der Waals surface area (Å²) in [6, 6.07) is 11.3. The minimum Gasteiger partial charge on any atom is -0.330 e. The quantitative estimate of drug-likeness (QED) is 0.526. The Bertz CT molecular complexity index is 733. The van der Waals surface area contributed by atoms with E-state index in [-0.39, 0.29) is 5.41 Å². The molecule has 3 heteroatoms. The Kier molecular flexibility index (Phi) is 4.95. The Morgan fingerprint density at radius 2 is 1.71 bits per heavy atom. The zero-order valence-electron chi connectivity index (χ0n) is 17.0. The van der Waals surface area contributed by atoms with Crippen LogP contribution in [0.2, 0.25) is 0 Å². The van der Waals surface area contributed by atoms with Crippen LogP contribution >= 0.6 is 12.2 Å². The van der Waals surface area contributed by atoms with Gasteiger partial charge in [0.05, 0.1) is 0 Å². The zero-order valence-corrected chi connectivity index (χ0v) is 17.8. The van der Waals surface area contributed by atoms with Gasteiger partial charge in [-0.3, -0.25) is 4.99 Å². The molecular weight excluding hydrogens is 360 g/mol. The van der Waals surface area contributed by atoms with Crippen molar-refractivity contribution in [2.75, 3.05) is 6.54 Å². The molecule has 1 aromatic rings. The van der Waals surface area contributed by atoms with E-state index in [1.54, 1.807) is 5.56 Å². The van der Waals surface area contributed by atoms with Crippen molar-refractivity contribution in [2.45, 2.75) is 69.6 Å². The highest BCUT2D eigenvalue weighted by atomic mass is 32.1. The van der Waals surface area contributed by atoms with E-state index in [0.717, 1.165) is 29.3 Å². The molecule has 28 heavy (non-hydrogen) atoms. The van der Waals surface area contributed by atoms with Crippen LogP contribution in [-0.4, -0.2) is 17.7 Å². The standard InChI is InChI=1S/C25H34N2S/c26-15-18-6-8-19(9-7-18)16-27-23(28)25-13-20-10-21(14-25)12-24(11-20,17-25)22-4-2-1-3-5-22/h1-5,16,18-21H,6-15,17,26H2. The number of hydrogen-bond acceptors (Lipinski definition) is 2. The smallest absolute Gasteiger partial charge is 0.109 e. The minimum absolute atomic E-state index is 0.181. The molecule has 2 N–H and O–H groups in total. The molecule has 2 unspecified atom stereocenters. The average molecular weight is 395 g/mol. The molecule has 4 bridgehead atoms. The van der Waals surface area contributed by atoms with Gasteiger partial charge in [-0.1, -0.05) is 42.5 Å². The van der Waals surface area contributed by atoms with E-state index in [0.29, 0.717) is 11.3 Å². The van der Waals surface area contributed by atoms with Crippen molar-refractivity contribution in [1.29, 1.82) is 0 Å². The molecule has 2 atom stereocenters. The van der Waals surface area contributed by atoms with E-state index in [4.69, 9.17) is 22.9 Å². The van der Waals surface area contributed by atoms with E-state index in [2.05, 4.69) is 36.5 Å². The number of rotatable bonds is 4. The molecule has 5 fully saturated rings. The van der Waals surface area contributed by atoms with Crippen molar-refractivity contribution in [1.82, 2.24) is 0 Å². The summed E-state index contributed by atoms with van der Waals surface area (Å²) in [4.78, 5) is 6.02. The van der Waals surface area contributed by atoms with Crippen molar-refractivity contribution in [3.05, 3.63) is 35.9 Å². The van der Waals surface area contributed by atoms with E-state index < -0.39 is 0 Å². The van der Waals surface area contributed by atoms with Crippen LogP contribution in [0.5, 0.6) is 0 Å². The molecule has 150 valence electrons. The first-order chi connectivity index (χ1) is 13.6. The molecule has 0 radical (unpaired) electrons. The number of hydrogen-bond donors (Lipinski definition) is 1. The molecule has 0 amide bonds. The van der Waals surface area contributed by atoms with Crippen LogP contribution in [0.15, 0.2) is 35.3 Å². The lowest BCUT2D eigenvalue weighted by molar-refractivity contribution is -0.0342. The van der Waals surface area contributed by atoms with Crippen molar-refractivity contribution in [3.8, 4) is 0 Å². The summed E-state index contributed by atoms with van der Waals surface area (Å²) < 4.78 is 0. The van der Waals surface area contributed by atoms with Crippen molar-refractivity contribution >= 4 is 23.4 Å². The fourth-order valence-corrected chi connectivity index (χ4v) is 7.82. The highest BCUT2D eigenvalue weighted by Gasteiger charge is 2.59. The Morgan fingerprint density at radius 3 is 2.36 bits per heavy atom. The van der Waals surface area contributed by atoms with Crippen molar-refractivity contribution in [2.24, 2.45) is 39.8 Å². The van der Waals surface area contributed by atoms with Gasteiger partial charge in [0, 0.05) is 11.6 Å². The molecule has 0 aliphatic heterocycles. The molecule has 6 rings (SSSR count). The Labute approximate surface area is 175 Å². The SMILES string of the molecule is NCC1CCC(C=NC(=S)C23CC4CC(C2)CC(c2ccccc2)(C4)C3)CC1. The third kappa shape index (κ3) is 3.29. The summed E-state index contributed by atoms with van der Waals surface area (Å²) in [7, 11) is 0. The van der Waals surface area contributed by atoms with Gasteiger partial charge in [0.1, 0.15) is 4.99 Å². The Hall–Kier alpha value is -1.06. The van der Waals surface area contributed by atoms with E-state index in [1.807, 2.05) is 0 Å². The van der Waals surface area contributed by atoms with Gasteiger partial charge in [0.25, 0.3) is 0 Å². The van der Waals surface area contributed by atoms with Gasteiger partial charge in [-0.2, -0.15) is 0 Å². The van der Waals surface area contributed by atoms with Crippen LogP contribution in [0.1, 0.15) is 69.8 Å². The summed E-state index contributed by atoms with van der Waals surface area (Å²) in [5, 5.41) is 0. The number of benzene rings is 1. The highest BCUT2D eigenvalue weighted by Crippen LogP contribution is 2.66. The second-order valence-corrected chi connectivity index (χ2v) is 10.9. The summed E-state index contributed by atoms with van der Waals surface area (Å²) >= 11 is 6.04. The third-order valence-corrected chi connectivity index (χ3v) is 9.07. The van der Waals surface area contributed by atoms with Gasteiger partial charge in [-0.15, -0.1) is 0 Å². The summed E-state index contributed by atoms with van der Waals surface area (Å²) in [5.74, 6) is 3.02. The van der Waals surface area contributed by atoms with Crippen LogP contribution in [0.4, 0.5) is 0 Å². The average Bonchev–Trinajstić information content (AvgIpc) is 2.72. The predicted molar refractivity (Wildman–Crippen MR) is 121 cm³/mol. The molecule has 0 aromatic heterocycles. The van der Waals surface area contributed by atoms with Gasteiger partial charge in [-0.05, 0) is 105 Å². The van der Waals surface area contributed by atoms with Crippen molar-refractivity contribution < 1.29 is 0 Å². The first-order valence-corrected chi connectivity index (χ1v) is 11.9. The normalized spacial score (nSPS) is 42.2. The fourth-order valence-electron chi connectivity index (χ4n) is 7.53. The summed E-state index contributed by atoms with van der Waals surface area (Å²) in [5.41, 5.74) is 7.93. The second-order valence-electron chi connectivity index (χ2n) is 10.5. The molecular formula is C25H34N2S. The van der Waals surface area contributed by atoms with Crippen LogP contribution in [0.3, 0.4) is 0 Å². The molecule has 2 nitrogen and oxygen atoms in total. The topological polar surface area (TPSA) is 38.4 Å². The maximum absolute atomic E-state index is 6.04. The number of nitrogens with zero attached hydrogens (tertiary/aromatic N) is 1. The fraction of sp³-hybridized carbons (Fsp3) is 0.680. The van der Waals surface area contributed by atoms with Gasteiger partial charge in [0.2, 0.25) is 0 Å². The van der Waals surface area contributed by atoms with E-state index in [9.17, 15) is 0 Å². The molecule has 0 spiro atoms. The van der Waals surface area contributed by atoms with Gasteiger partial charge < -0.3 is 5.73 Å². The van der Waals surface area contributed by atoms with Gasteiger partial charge >= 0.3 is 0 Å². The third-order valence-electron chi connectivity index (χ3n) is 8.53. The first kappa shape index (κ1) is 18.9. The van der Waals surface area contributed by atoms with Crippen molar-refractivity contribution in [3.63, 3.8) is 0 Å². The van der Waals surface area contributed by atoms with E-state index in [1.165, 1.54) is 64.2 Å². The number of aliphatic imine (C=N–C) groups is 1.